The van der Waals surface area contributed by atoms with E-state index < -0.39 is 0 Å². The number of nitrogens with zero attached hydrogens (tertiary/aromatic N) is 1. The van der Waals surface area contributed by atoms with Crippen LogP contribution in [-0.2, 0) is 0 Å². The quantitative estimate of drug-likeness (QED) is 0.409. The Morgan fingerprint density at radius 3 is 2.19 bits per heavy atom. The summed E-state index contributed by atoms with van der Waals surface area (Å²) < 4.78 is 0. The molecule has 0 N–H and O–H groups in total. The molecule has 0 saturated carbocycles. The van der Waals surface area contributed by atoms with Crippen LogP contribution >= 0.6 is 11.6 Å². The SMILES string of the molecule is Clc1ccc2nc(-c3ccccc3)c3ccccc3c2c1. The first-order chi connectivity index (χ1) is 10.3. The minimum absolute atomic E-state index is 0.738. The first-order valence-corrected chi connectivity index (χ1v) is 7.24. The third-order valence-electron chi connectivity index (χ3n) is 3.71. The van der Waals surface area contributed by atoms with Crippen LogP contribution in [0.4, 0.5) is 0 Å². The first kappa shape index (κ1) is 12.4. The predicted octanol–water partition coefficient (Wildman–Crippen LogP) is 5.71. The van der Waals surface area contributed by atoms with Crippen LogP contribution in [-0.4, -0.2) is 4.98 Å². The summed E-state index contributed by atoms with van der Waals surface area (Å²) in [5.74, 6) is 0. The maximum atomic E-state index is 6.15. The van der Waals surface area contributed by atoms with Gasteiger partial charge in [0.1, 0.15) is 0 Å². The van der Waals surface area contributed by atoms with Crippen molar-refractivity contribution in [3.63, 3.8) is 0 Å². The lowest BCUT2D eigenvalue weighted by molar-refractivity contribution is 1.43. The van der Waals surface area contributed by atoms with Crippen LogP contribution in [0.2, 0.25) is 5.02 Å². The summed E-state index contributed by atoms with van der Waals surface area (Å²) in [5, 5.41) is 4.17. The fourth-order valence-electron chi connectivity index (χ4n) is 2.74. The maximum Gasteiger partial charge on any atom is 0.0788 e. The number of hydrogen-bond acceptors (Lipinski definition) is 1. The summed E-state index contributed by atoms with van der Waals surface area (Å²) in [6, 6.07) is 24.5. The monoisotopic (exact) mass is 289 g/mol. The summed E-state index contributed by atoms with van der Waals surface area (Å²) in [4.78, 5) is 4.86. The number of aromatic nitrogens is 1. The van der Waals surface area contributed by atoms with Crippen molar-refractivity contribution < 1.29 is 0 Å². The molecule has 0 spiro atoms. The number of benzene rings is 3. The molecule has 3 aromatic carbocycles. The molecule has 100 valence electrons. The molecule has 0 aliphatic heterocycles. The second-order valence-corrected chi connectivity index (χ2v) is 5.47. The zero-order valence-electron chi connectivity index (χ0n) is 11.3. The van der Waals surface area contributed by atoms with Crippen LogP contribution in [0.15, 0.2) is 72.8 Å². The van der Waals surface area contributed by atoms with Crippen molar-refractivity contribution in [2.45, 2.75) is 0 Å². The maximum absolute atomic E-state index is 6.15. The van der Waals surface area contributed by atoms with Crippen molar-refractivity contribution in [3.8, 4) is 11.3 Å². The Hall–Kier alpha value is -2.38. The van der Waals surface area contributed by atoms with Gasteiger partial charge in [0.2, 0.25) is 0 Å². The van der Waals surface area contributed by atoms with Crippen LogP contribution < -0.4 is 0 Å². The minimum atomic E-state index is 0.738. The van der Waals surface area contributed by atoms with Crippen molar-refractivity contribution in [1.29, 1.82) is 0 Å². The van der Waals surface area contributed by atoms with E-state index in [0.29, 0.717) is 0 Å². The summed E-state index contributed by atoms with van der Waals surface area (Å²) in [6.45, 7) is 0. The molecule has 0 unspecified atom stereocenters. The highest BCUT2D eigenvalue weighted by molar-refractivity contribution is 6.31. The number of pyridine rings is 1. The van der Waals surface area contributed by atoms with E-state index in [0.717, 1.165) is 32.6 Å². The van der Waals surface area contributed by atoms with Crippen molar-refractivity contribution in [3.05, 3.63) is 77.8 Å². The lowest BCUT2D eigenvalue weighted by atomic mass is 10.0. The second-order valence-electron chi connectivity index (χ2n) is 5.03. The predicted molar refractivity (Wildman–Crippen MR) is 89.7 cm³/mol. The fourth-order valence-corrected chi connectivity index (χ4v) is 2.91. The molecule has 4 aromatic rings. The summed E-state index contributed by atoms with van der Waals surface area (Å²) in [6.07, 6.45) is 0. The van der Waals surface area contributed by atoms with Gasteiger partial charge in [0.05, 0.1) is 11.2 Å². The fraction of sp³-hybridized carbons (Fsp3) is 0. The topological polar surface area (TPSA) is 12.9 Å². The van der Waals surface area contributed by atoms with E-state index in [-0.39, 0.29) is 0 Å². The molecule has 4 rings (SSSR count). The zero-order valence-corrected chi connectivity index (χ0v) is 12.0. The van der Waals surface area contributed by atoms with Crippen LogP contribution in [0, 0.1) is 0 Å². The molecule has 0 aliphatic carbocycles. The van der Waals surface area contributed by atoms with Gasteiger partial charge in [-0.25, -0.2) is 4.98 Å². The lowest BCUT2D eigenvalue weighted by Gasteiger charge is -2.10. The number of halogens is 1. The van der Waals surface area contributed by atoms with Crippen molar-refractivity contribution in [2.75, 3.05) is 0 Å². The standard InChI is InChI=1S/C19H12ClN/c20-14-10-11-18-17(12-14)15-8-4-5-9-16(15)19(21-18)13-6-2-1-3-7-13/h1-12H. The van der Waals surface area contributed by atoms with Gasteiger partial charge in [0.25, 0.3) is 0 Å². The molecule has 2 heteroatoms. The van der Waals surface area contributed by atoms with Gasteiger partial charge in [0.15, 0.2) is 0 Å². The van der Waals surface area contributed by atoms with Crippen molar-refractivity contribution in [1.82, 2.24) is 4.98 Å². The summed E-state index contributed by atoms with van der Waals surface area (Å²) in [5.41, 5.74) is 3.11. The van der Waals surface area contributed by atoms with Crippen LogP contribution in [0.5, 0.6) is 0 Å². The Bertz CT molecular complexity index is 945. The summed E-state index contributed by atoms with van der Waals surface area (Å²) in [7, 11) is 0. The third-order valence-corrected chi connectivity index (χ3v) is 3.95. The molecule has 1 nitrogen and oxygen atoms in total. The highest BCUT2D eigenvalue weighted by Gasteiger charge is 2.09. The zero-order chi connectivity index (χ0) is 14.2. The smallest absolute Gasteiger partial charge is 0.0788 e. The van der Waals surface area contributed by atoms with E-state index >= 15 is 0 Å². The normalized spacial score (nSPS) is 11.1. The van der Waals surface area contributed by atoms with Gasteiger partial charge in [-0.05, 0) is 23.6 Å². The van der Waals surface area contributed by atoms with Gasteiger partial charge >= 0.3 is 0 Å². The number of fused-ring (bicyclic) bond motifs is 3. The molecular weight excluding hydrogens is 278 g/mol. The van der Waals surface area contributed by atoms with Crippen LogP contribution in [0.25, 0.3) is 32.9 Å². The van der Waals surface area contributed by atoms with Crippen molar-refractivity contribution in [2.24, 2.45) is 0 Å². The highest BCUT2D eigenvalue weighted by Crippen LogP contribution is 2.33. The molecule has 1 aromatic heterocycles. The minimum Gasteiger partial charge on any atom is -0.247 e. The van der Waals surface area contributed by atoms with Gasteiger partial charge in [-0.1, -0.05) is 66.2 Å². The lowest BCUT2D eigenvalue weighted by Crippen LogP contribution is -1.89. The molecule has 0 atom stereocenters. The van der Waals surface area contributed by atoms with E-state index in [1.807, 2.05) is 42.5 Å². The Labute approximate surface area is 127 Å². The van der Waals surface area contributed by atoms with E-state index in [1.54, 1.807) is 0 Å². The van der Waals surface area contributed by atoms with E-state index in [2.05, 4.69) is 30.3 Å². The van der Waals surface area contributed by atoms with Gasteiger partial charge in [-0.2, -0.15) is 0 Å². The molecule has 0 radical (unpaired) electrons. The van der Waals surface area contributed by atoms with Gasteiger partial charge in [0, 0.05) is 21.4 Å². The third kappa shape index (κ3) is 2.07. The Morgan fingerprint density at radius 2 is 1.38 bits per heavy atom. The Kier molecular flexibility index (Phi) is 2.87. The molecular formula is C19H12ClN. The largest absolute Gasteiger partial charge is 0.247 e. The second kappa shape index (κ2) is 4.87. The van der Waals surface area contributed by atoms with Gasteiger partial charge < -0.3 is 0 Å². The molecule has 0 saturated heterocycles. The van der Waals surface area contributed by atoms with Crippen LogP contribution in [0.3, 0.4) is 0 Å². The van der Waals surface area contributed by atoms with Gasteiger partial charge in [-0.3, -0.25) is 0 Å². The van der Waals surface area contributed by atoms with Gasteiger partial charge in [-0.15, -0.1) is 0 Å². The molecule has 1 heterocycles. The number of rotatable bonds is 1. The molecule has 0 fully saturated rings. The first-order valence-electron chi connectivity index (χ1n) is 6.86. The molecule has 21 heavy (non-hydrogen) atoms. The molecule has 0 bridgehead atoms. The Balaban J connectivity index is 2.18. The van der Waals surface area contributed by atoms with E-state index in [1.165, 1.54) is 5.39 Å². The average Bonchev–Trinajstić information content (AvgIpc) is 2.55. The Morgan fingerprint density at radius 1 is 0.667 bits per heavy atom. The average molecular weight is 290 g/mol. The van der Waals surface area contributed by atoms with Crippen molar-refractivity contribution >= 4 is 33.3 Å². The van der Waals surface area contributed by atoms with E-state index in [4.69, 9.17) is 16.6 Å². The van der Waals surface area contributed by atoms with E-state index in [9.17, 15) is 0 Å². The highest BCUT2D eigenvalue weighted by atomic mass is 35.5. The number of hydrogen-bond donors (Lipinski definition) is 0. The summed E-state index contributed by atoms with van der Waals surface area (Å²) >= 11 is 6.15. The molecule has 0 aliphatic rings. The molecule has 0 amide bonds. The van der Waals surface area contributed by atoms with Crippen LogP contribution in [0.1, 0.15) is 0 Å².